The first-order valence-electron chi connectivity index (χ1n) is 19.5. The van der Waals surface area contributed by atoms with Gasteiger partial charge in [-0.1, -0.05) is 170 Å². The number of benzene rings is 8. The zero-order chi connectivity index (χ0) is 37.2. The molecule has 11 rings (SSSR count). The van der Waals surface area contributed by atoms with E-state index in [1.54, 1.807) is 0 Å². The third kappa shape index (κ3) is 4.71. The molecule has 3 heteroatoms. The summed E-state index contributed by atoms with van der Waals surface area (Å²) in [5.41, 5.74) is 15.9. The van der Waals surface area contributed by atoms with Gasteiger partial charge in [-0.05, 0) is 75.7 Å². The van der Waals surface area contributed by atoms with E-state index in [-0.39, 0.29) is 0 Å². The van der Waals surface area contributed by atoms with Crippen LogP contribution in [-0.4, -0.2) is 14.5 Å². The number of pyridine rings is 1. The van der Waals surface area contributed by atoms with Crippen molar-refractivity contribution in [2.45, 2.75) is 18.9 Å². The highest BCUT2D eigenvalue weighted by Gasteiger charge is 2.46. The van der Waals surface area contributed by atoms with Crippen molar-refractivity contribution in [1.82, 2.24) is 14.5 Å². The van der Waals surface area contributed by atoms with Crippen LogP contribution in [0.1, 0.15) is 29.2 Å². The molecule has 0 unspecified atom stereocenters. The molecule has 10 aromatic rings. The van der Waals surface area contributed by atoms with Gasteiger partial charge in [0.1, 0.15) is 5.82 Å². The van der Waals surface area contributed by atoms with E-state index >= 15 is 0 Å². The zero-order valence-electron chi connectivity index (χ0n) is 31.0. The molecule has 264 valence electrons. The van der Waals surface area contributed by atoms with Crippen molar-refractivity contribution in [3.05, 3.63) is 216 Å². The summed E-state index contributed by atoms with van der Waals surface area (Å²) in [4.78, 5) is 10.4. The largest absolute Gasteiger partial charge is 0.324 e. The van der Waals surface area contributed by atoms with Gasteiger partial charge in [0.15, 0.2) is 0 Å². The fourth-order valence-corrected chi connectivity index (χ4v) is 9.47. The minimum Gasteiger partial charge on any atom is -0.324 e. The van der Waals surface area contributed by atoms with Crippen LogP contribution < -0.4 is 0 Å². The van der Waals surface area contributed by atoms with E-state index in [0.717, 1.165) is 62.3 Å². The van der Waals surface area contributed by atoms with Crippen LogP contribution in [0.2, 0.25) is 0 Å². The van der Waals surface area contributed by atoms with Crippen molar-refractivity contribution in [2.24, 2.45) is 0 Å². The predicted molar refractivity (Wildman–Crippen MR) is 232 cm³/mol. The van der Waals surface area contributed by atoms with E-state index in [1.165, 1.54) is 44.2 Å². The number of hydrogen-bond acceptors (Lipinski definition) is 2. The Morgan fingerprint density at radius 1 is 0.464 bits per heavy atom. The van der Waals surface area contributed by atoms with Gasteiger partial charge >= 0.3 is 0 Å². The first-order chi connectivity index (χ1) is 27.7. The SMILES string of the molecule is CCn1c(-c2ccc(-c3cccc(-c4nc5ccccc5c5c6c(ccc45)C(c4ccccc4)(c4ccccc4)c4ccccc4-6)c3)cc2)nc2ccccc21. The second-order valence-electron chi connectivity index (χ2n) is 14.7. The smallest absolute Gasteiger partial charge is 0.141 e. The minimum absolute atomic E-state index is 0.472. The van der Waals surface area contributed by atoms with Crippen molar-refractivity contribution in [2.75, 3.05) is 0 Å². The number of aryl methyl sites for hydroxylation is 1. The van der Waals surface area contributed by atoms with Gasteiger partial charge in [0.05, 0.1) is 27.7 Å². The number of fused-ring (bicyclic) bond motifs is 8. The summed E-state index contributed by atoms with van der Waals surface area (Å²) in [6.07, 6.45) is 0. The molecule has 0 aliphatic heterocycles. The number of rotatable bonds is 6. The summed E-state index contributed by atoms with van der Waals surface area (Å²) in [7, 11) is 0. The molecule has 0 saturated heterocycles. The third-order valence-electron chi connectivity index (χ3n) is 11.9. The van der Waals surface area contributed by atoms with Crippen LogP contribution in [0, 0.1) is 0 Å². The van der Waals surface area contributed by atoms with Crippen LogP contribution in [0.5, 0.6) is 0 Å². The molecule has 0 N–H and O–H groups in total. The van der Waals surface area contributed by atoms with Gasteiger partial charge in [0.2, 0.25) is 0 Å². The molecule has 2 heterocycles. The fourth-order valence-electron chi connectivity index (χ4n) is 9.47. The molecule has 1 aliphatic rings. The van der Waals surface area contributed by atoms with Crippen LogP contribution in [0.3, 0.4) is 0 Å². The van der Waals surface area contributed by atoms with Crippen molar-refractivity contribution in [3.63, 3.8) is 0 Å². The number of aromatic nitrogens is 3. The molecule has 56 heavy (non-hydrogen) atoms. The molecule has 0 fully saturated rings. The van der Waals surface area contributed by atoms with Crippen molar-refractivity contribution in [3.8, 4) is 44.9 Å². The number of hydrogen-bond donors (Lipinski definition) is 0. The summed E-state index contributed by atoms with van der Waals surface area (Å²) in [5, 5.41) is 3.57. The Hall–Kier alpha value is -7.10. The Morgan fingerprint density at radius 2 is 1.11 bits per heavy atom. The predicted octanol–water partition coefficient (Wildman–Crippen LogP) is 13.1. The first kappa shape index (κ1) is 32.3. The van der Waals surface area contributed by atoms with Gasteiger partial charge in [0, 0.05) is 33.8 Å². The lowest BCUT2D eigenvalue weighted by molar-refractivity contribution is 0.769. The van der Waals surface area contributed by atoms with E-state index in [4.69, 9.17) is 9.97 Å². The van der Waals surface area contributed by atoms with Crippen LogP contribution in [0.4, 0.5) is 0 Å². The van der Waals surface area contributed by atoms with Gasteiger partial charge in [-0.2, -0.15) is 0 Å². The lowest BCUT2D eigenvalue weighted by Crippen LogP contribution is -2.28. The molecule has 8 aromatic carbocycles. The summed E-state index contributed by atoms with van der Waals surface area (Å²) >= 11 is 0. The average molecular weight is 716 g/mol. The average Bonchev–Trinajstić information content (AvgIpc) is 3.81. The second-order valence-corrected chi connectivity index (χ2v) is 14.7. The molecular weight excluding hydrogens is 679 g/mol. The Kier molecular flexibility index (Phi) is 7.36. The Labute approximate surface area is 326 Å². The molecule has 0 bridgehead atoms. The van der Waals surface area contributed by atoms with Crippen molar-refractivity contribution in [1.29, 1.82) is 0 Å². The summed E-state index contributed by atoms with van der Waals surface area (Å²) in [6, 6.07) is 70.5. The monoisotopic (exact) mass is 715 g/mol. The number of para-hydroxylation sites is 3. The van der Waals surface area contributed by atoms with Crippen LogP contribution in [-0.2, 0) is 12.0 Å². The van der Waals surface area contributed by atoms with Crippen LogP contribution in [0.25, 0.3) is 77.6 Å². The molecule has 0 saturated carbocycles. The van der Waals surface area contributed by atoms with E-state index in [9.17, 15) is 0 Å². The highest BCUT2D eigenvalue weighted by Crippen LogP contribution is 2.58. The van der Waals surface area contributed by atoms with E-state index in [2.05, 4.69) is 206 Å². The molecule has 0 radical (unpaired) electrons. The molecule has 2 aromatic heterocycles. The summed E-state index contributed by atoms with van der Waals surface area (Å²) in [5.74, 6) is 0.999. The van der Waals surface area contributed by atoms with Gasteiger partial charge in [-0.3, -0.25) is 0 Å². The maximum absolute atomic E-state index is 5.43. The van der Waals surface area contributed by atoms with Gasteiger partial charge in [-0.25, -0.2) is 9.97 Å². The number of imidazole rings is 1. The molecule has 0 atom stereocenters. The molecular formula is C53H37N3. The molecule has 1 aliphatic carbocycles. The Morgan fingerprint density at radius 3 is 1.88 bits per heavy atom. The summed E-state index contributed by atoms with van der Waals surface area (Å²) < 4.78 is 2.29. The fraction of sp³-hybridized carbons (Fsp3) is 0.0566. The minimum atomic E-state index is -0.472. The van der Waals surface area contributed by atoms with E-state index in [0.29, 0.717) is 0 Å². The Balaban J connectivity index is 1.11. The van der Waals surface area contributed by atoms with Crippen molar-refractivity contribution >= 4 is 32.7 Å². The van der Waals surface area contributed by atoms with Crippen molar-refractivity contribution < 1.29 is 0 Å². The zero-order valence-corrected chi connectivity index (χ0v) is 31.0. The maximum Gasteiger partial charge on any atom is 0.141 e. The van der Waals surface area contributed by atoms with Crippen LogP contribution in [0.15, 0.2) is 194 Å². The lowest BCUT2D eigenvalue weighted by Gasteiger charge is -2.34. The highest BCUT2D eigenvalue weighted by molar-refractivity contribution is 6.19. The maximum atomic E-state index is 5.43. The molecule has 0 spiro atoms. The lowest BCUT2D eigenvalue weighted by atomic mass is 9.67. The van der Waals surface area contributed by atoms with Crippen LogP contribution >= 0.6 is 0 Å². The Bertz CT molecular complexity index is 3070. The quantitative estimate of drug-likeness (QED) is 0.161. The summed E-state index contributed by atoms with van der Waals surface area (Å²) in [6.45, 7) is 3.04. The highest BCUT2D eigenvalue weighted by atomic mass is 15.1. The van der Waals surface area contributed by atoms with E-state index in [1.807, 2.05) is 0 Å². The third-order valence-corrected chi connectivity index (χ3v) is 11.9. The standard InChI is InChI=1S/C53H37N3/c1-2-56-48-27-14-13-26-47(48)55-52(56)36-30-28-35(29-31-36)37-16-15-17-38(34-37)51-43-32-33-45-50(49(43)42-23-10-12-25-46(42)54-51)41-22-9-11-24-44(41)53(45,39-18-5-3-6-19-39)40-20-7-4-8-21-40/h3-34H,2H2,1H3. The molecule has 3 nitrogen and oxygen atoms in total. The topological polar surface area (TPSA) is 30.7 Å². The normalized spacial score (nSPS) is 12.9. The first-order valence-corrected chi connectivity index (χ1v) is 19.5. The van der Waals surface area contributed by atoms with Gasteiger partial charge in [0.25, 0.3) is 0 Å². The van der Waals surface area contributed by atoms with E-state index < -0.39 is 5.41 Å². The van der Waals surface area contributed by atoms with Gasteiger partial charge in [-0.15, -0.1) is 0 Å². The number of nitrogens with zero attached hydrogens (tertiary/aromatic N) is 3. The second kappa shape index (κ2) is 12.8. The van der Waals surface area contributed by atoms with Gasteiger partial charge < -0.3 is 4.57 Å². The molecule has 0 amide bonds.